The molecule has 1 heterocycles. The lowest BCUT2D eigenvalue weighted by Gasteiger charge is -2.52. The van der Waals surface area contributed by atoms with Gasteiger partial charge in [0.15, 0.2) is 0 Å². The van der Waals surface area contributed by atoms with Crippen LogP contribution in [0.5, 0.6) is 0 Å². The first-order chi connectivity index (χ1) is 10.1. The molecule has 1 saturated heterocycles. The van der Waals surface area contributed by atoms with Gasteiger partial charge in [0, 0.05) is 0 Å². The molecule has 0 aliphatic carbocycles. The lowest BCUT2D eigenvalue weighted by atomic mass is 9.92. The summed E-state index contributed by atoms with van der Waals surface area (Å²) in [5.74, 6) is -22.7. The van der Waals surface area contributed by atoms with E-state index in [4.69, 9.17) is 0 Å². The van der Waals surface area contributed by atoms with Gasteiger partial charge in [-0.05, 0) is 0 Å². The molecular weight excluding hydrogens is 395 g/mol. The van der Waals surface area contributed by atoms with Crippen LogP contribution in [0, 0.1) is 0 Å². The Morgan fingerprint density at radius 1 is 0.542 bits per heavy atom. The van der Waals surface area contributed by atoms with E-state index < -0.39 is 53.4 Å². The molecule has 1 aliphatic rings. The summed E-state index contributed by atoms with van der Waals surface area (Å²) in [4.78, 5) is -3.82. The monoisotopic (exact) mass is 397 g/mol. The Bertz CT molecular complexity index is 472. The van der Waals surface area contributed by atoms with Gasteiger partial charge in [0.1, 0.15) is 6.42 Å². The average Bonchev–Trinajstić information content (AvgIpc) is 2.21. The maximum Gasteiger partial charge on any atom is 0.396 e. The van der Waals surface area contributed by atoms with Gasteiger partial charge in [0.25, 0.3) is 0 Å². The predicted molar refractivity (Wildman–Crippen MR) is 42.2 cm³/mol. The van der Waals surface area contributed by atoms with E-state index in [1.807, 2.05) is 0 Å². The minimum Gasteiger partial charge on any atom is -0.192 e. The van der Waals surface area contributed by atoms with Crippen molar-refractivity contribution >= 4 is 0 Å². The van der Waals surface area contributed by atoms with Crippen LogP contribution in [0.3, 0.4) is 0 Å². The average molecular weight is 397 g/mol. The highest BCUT2D eigenvalue weighted by Crippen LogP contribution is 2.66. The van der Waals surface area contributed by atoms with E-state index in [2.05, 4.69) is 0 Å². The Labute approximate surface area is 121 Å². The molecule has 144 valence electrons. The molecule has 0 aromatic carbocycles. The maximum atomic E-state index is 13.1. The van der Waals surface area contributed by atoms with Crippen molar-refractivity contribution in [2.24, 2.45) is 0 Å². The second-order valence-electron chi connectivity index (χ2n) is 4.60. The molecule has 0 aromatic rings. The van der Waals surface area contributed by atoms with Crippen molar-refractivity contribution in [1.29, 1.82) is 0 Å². The lowest BCUT2D eigenvalue weighted by Crippen LogP contribution is -2.84. The third-order valence-corrected chi connectivity index (χ3v) is 2.85. The molecule has 0 bridgehead atoms. The second kappa shape index (κ2) is 4.75. The first kappa shape index (κ1) is 21.0. The van der Waals surface area contributed by atoms with Gasteiger partial charge in [-0.2, -0.15) is 65.9 Å². The van der Waals surface area contributed by atoms with Gasteiger partial charge >= 0.3 is 42.1 Å². The molecule has 0 amide bonds. The van der Waals surface area contributed by atoms with Crippen LogP contribution in [0.1, 0.15) is 6.42 Å². The minimum atomic E-state index is -7.56. The van der Waals surface area contributed by atoms with Crippen LogP contribution in [0.2, 0.25) is 0 Å². The predicted octanol–water partition coefficient (Wildman–Crippen LogP) is 4.94. The Balaban J connectivity index is 3.70. The highest BCUT2D eigenvalue weighted by molar-refractivity contribution is 5.15. The summed E-state index contributed by atoms with van der Waals surface area (Å²) in [5.41, 5.74) is 0. The molecule has 0 saturated carbocycles. The van der Waals surface area contributed by atoms with E-state index in [9.17, 15) is 65.9 Å². The number of hydrogen-bond donors (Lipinski definition) is 0. The molecule has 0 aromatic heterocycles. The Morgan fingerprint density at radius 2 is 0.833 bits per heavy atom. The van der Waals surface area contributed by atoms with Crippen molar-refractivity contribution < 1.29 is 65.9 Å². The summed E-state index contributed by atoms with van der Waals surface area (Å²) in [6.07, 6.45) is -10.3. The van der Waals surface area contributed by atoms with Crippen LogP contribution in [-0.4, -0.2) is 47.0 Å². The smallest absolute Gasteiger partial charge is 0.192 e. The summed E-state index contributed by atoms with van der Waals surface area (Å²) >= 11 is 0. The van der Waals surface area contributed by atoms with E-state index in [1.165, 1.54) is 0 Å². The summed E-state index contributed by atoms with van der Waals surface area (Å²) < 4.78 is 191. The van der Waals surface area contributed by atoms with Crippen molar-refractivity contribution in [1.82, 2.24) is 4.90 Å². The fourth-order valence-electron chi connectivity index (χ4n) is 1.76. The maximum absolute atomic E-state index is 13.1. The van der Waals surface area contributed by atoms with Gasteiger partial charge in [-0.15, -0.1) is 4.90 Å². The number of likely N-dealkylation sites (tertiary alicyclic amines) is 1. The molecule has 0 N–H and O–H groups in total. The van der Waals surface area contributed by atoms with Crippen LogP contribution >= 0.6 is 0 Å². The third kappa shape index (κ3) is 2.39. The highest BCUT2D eigenvalue weighted by atomic mass is 19.4. The summed E-state index contributed by atoms with van der Waals surface area (Å²) in [6.45, 7) is 0. The number of nitrogens with zero attached hydrogens (tertiary/aromatic N) is 1. The molecule has 0 atom stereocenters. The minimum absolute atomic E-state index is 3.82. The van der Waals surface area contributed by atoms with Crippen LogP contribution in [-0.2, 0) is 0 Å². The first-order valence-corrected chi connectivity index (χ1v) is 5.21. The molecule has 1 fully saturated rings. The van der Waals surface area contributed by atoms with Gasteiger partial charge in [-0.25, -0.2) is 0 Å². The van der Waals surface area contributed by atoms with Gasteiger partial charge in [-0.1, -0.05) is 0 Å². The third-order valence-electron chi connectivity index (χ3n) is 2.85. The van der Waals surface area contributed by atoms with E-state index in [0.29, 0.717) is 0 Å². The number of hydrogen-bond acceptors (Lipinski definition) is 1. The fraction of sp³-hybridized carbons (Fsp3) is 1.00. The summed E-state index contributed by atoms with van der Waals surface area (Å²) in [6, 6.07) is -21.7. The first-order valence-electron chi connectivity index (χ1n) is 5.21. The number of piperidine rings is 1. The molecule has 0 unspecified atom stereocenters. The zero-order valence-corrected chi connectivity index (χ0v) is 10.3. The van der Waals surface area contributed by atoms with Crippen LogP contribution in [0.15, 0.2) is 0 Å². The molecule has 1 rings (SSSR count). The molecular formula is C8H2F15N. The normalized spacial score (nSPS) is 28.6. The van der Waals surface area contributed by atoms with Crippen molar-refractivity contribution in [3.05, 3.63) is 0 Å². The molecule has 0 radical (unpaired) electrons. The van der Waals surface area contributed by atoms with E-state index in [1.54, 1.807) is 0 Å². The van der Waals surface area contributed by atoms with Gasteiger partial charge in [-0.3, -0.25) is 0 Å². The second-order valence-corrected chi connectivity index (χ2v) is 4.60. The van der Waals surface area contributed by atoms with Crippen molar-refractivity contribution in [3.8, 4) is 0 Å². The SMILES string of the molecule is FC(F)(F)CC(F)(F)N1C(F)(F)C(F)(F)C(F)(F)C(F)(F)C1(F)F. The standard InChI is InChI=1S/C8H2F15N/c9-2(10,11)1-3(12,13)24-7(20,21)5(16,17)4(14,15)6(18,19)8(24,22)23/h1H2. The molecule has 0 spiro atoms. The van der Waals surface area contributed by atoms with E-state index in [0.717, 1.165) is 0 Å². The Hall–Kier alpha value is -1.09. The molecule has 1 nitrogen and oxygen atoms in total. The number of alkyl halides is 15. The van der Waals surface area contributed by atoms with E-state index >= 15 is 0 Å². The van der Waals surface area contributed by atoms with Gasteiger partial charge in [0.2, 0.25) is 0 Å². The Kier molecular flexibility index (Phi) is 4.15. The van der Waals surface area contributed by atoms with Crippen molar-refractivity contribution in [3.63, 3.8) is 0 Å². The van der Waals surface area contributed by atoms with Gasteiger partial charge < -0.3 is 0 Å². The number of rotatable bonds is 2. The van der Waals surface area contributed by atoms with Crippen LogP contribution < -0.4 is 0 Å². The molecule has 24 heavy (non-hydrogen) atoms. The largest absolute Gasteiger partial charge is 0.396 e. The van der Waals surface area contributed by atoms with Crippen LogP contribution in [0.4, 0.5) is 65.9 Å². The topological polar surface area (TPSA) is 3.24 Å². The van der Waals surface area contributed by atoms with Gasteiger partial charge in [0.05, 0.1) is 0 Å². The zero-order chi connectivity index (χ0) is 19.8. The zero-order valence-electron chi connectivity index (χ0n) is 10.3. The lowest BCUT2D eigenvalue weighted by molar-refractivity contribution is -0.537. The molecule has 16 heteroatoms. The van der Waals surface area contributed by atoms with Crippen molar-refractivity contribution in [2.45, 2.75) is 48.5 Å². The summed E-state index contributed by atoms with van der Waals surface area (Å²) in [5, 5.41) is 0. The van der Waals surface area contributed by atoms with Crippen molar-refractivity contribution in [2.75, 3.05) is 0 Å². The summed E-state index contributed by atoms with van der Waals surface area (Å²) in [7, 11) is 0. The van der Waals surface area contributed by atoms with E-state index in [-0.39, 0.29) is 0 Å². The Morgan fingerprint density at radius 3 is 1.08 bits per heavy atom. The highest BCUT2D eigenvalue weighted by Gasteiger charge is 2.97. The fourth-order valence-corrected chi connectivity index (χ4v) is 1.76. The molecule has 1 aliphatic heterocycles. The quantitative estimate of drug-likeness (QED) is 0.472. The number of halogens is 15. The van der Waals surface area contributed by atoms with Crippen LogP contribution in [0.25, 0.3) is 0 Å².